The van der Waals surface area contributed by atoms with Gasteiger partial charge in [0.2, 0.25) is 0 Å². The maximum atomic E-state index is 12.3. The van der Waals surface area contributed by atoms with Crippen LogP contribution in [0.3, 0.4) is 0 Å². The zero-order chi connectivity index (χ0) is 13.5. The van der Waals surface area contributed by atoms with Crippen molar-refractivity contribution < 1.29 is 14.6 Å². The standard InChI is InChI=1S/C14H16N2O3/c17-6-1-3-12-9-13(11-15-10-12)14(18)16-4-2-7-19-8-5-16/h9-11,17H,2,4-8H2. The number of aromatic nitrogens is 1. The molecule has 1 aromatic heterocycles. The van der Waals surface area contributed by atoms with Crippen molar-refractivity contribution in [2.45, 2.75) is 6.42 Å². The molecule has 1 amide bonds. The number of aliphatic hydroxyl groups excluding tert-OH is 1. The van der Waals surface area contributed by atoms with E-state index in [1.54, 1.807) is 17.2 Å². The number of carbonyl (C=O) groups is 1. The second-order valence-electron chi connectivity index (χ2n) is 4.18. The second-order valence-corrected chi connectivity index (χ2v) is 4.18. The molecule has 1 aromatic rings. The van der Waals surface area contributed by atoms with E-state index >= 15 is 0 Å². The highest BCUT2D eigenvalue weighted by molar-refractivity contribution is 5.94. The first-order valence-corrected chi connectivity index (χ1v) is 6.23. The van der Waals surface area contributed by atoms with Gasteiger partial charge < -0.3 is 14.7 Å². The van der Waals surface area contributed by atoms with Crippen LogP contribution in [0.4, 0.5) is 0 Å². The maximum Gasteiger partial charge on any atom is 0.255 e. The molecule has 5 nitrogen and oxygen atoms in total. The van der Waals surface area contributed by atoms with Crippen molar-refractivity contribution in [3.8, 4) is 11.8 Å². The van der Waals surface area contributed by atoms with E-state index in [0.29, 0.717) is 37.4 Å². The fourth-order valence-electron chi connectivity index (χ4n) is 1.90. The van der Waals surface area contributed by atoms with Crippen LogP contribution in [0.1, 0.15) is 22.3 Å². The fourth-order valence-corrected chi connectivity index (χ4v) is 1.90. The van der Waals surface area contributed by atoms with Crippen LogP contribution in [0.5, 0.6) is 0 Å². The highest BCUT2D eigenvalue weighted by Crippen LogP contribution is 2.08. The van der Waals surface area contributed by atoms with Crippen molar-refractivity contribution in [1.29, 1.82) is 0 Å². The van der Waals surface area contributed by atoms with Crippen LogP contribution in [-0.4, -0.2) is 53.8 Å². The van der Waals surface area contributed by atoms with Gasteiger partial charge in [0, 0.05) is 37.7 Å². The SMILES string of the molecule is O=C(c1cncc(C#CCO)c1)N1CCCOCC1. The van der Waals surface area contributed by atoms with E-state index in [4.69, 9.17) is 9.84 Å². The first-order chi connectivity index (χ1) is 9.31. The summed E-state index contributed by atoms with van der Waals surface area (Å²) in [6, 6.07) is 1.70. The number of nitrogens with zero attached hydrogens (tertiary/aromatic N) is 2. The Morgan fingerprint density at radius 3 is 3.16 bits per heavy atom. The van der Waals surface area contributed by atoms with Crippen LogP contribution in [-0.2, 0) is 4.74 Å². The van der Waals surface area contributed by atoms with E-state index in [1.165, 1.54) is 6.20 Å². The van der Waals surface area contributed by atoms with E-state index in [2.05, 4.69) is 16.8 Å². The molecule has 19 heavy (non-hydrogen) atoms. The molecule has 0 unspecified atom stereocenters. The lowest BCUT2D eigenvalue weighted by Crippen LogP contribution is -2.33. The Kier molecular flexibility index (Phi) is 4.90. The van der Waals surface area contributed by atoms with Crippen LogP contribution in [0.15, 0.2) is 18.5 Å². The molecule has 100 valence electrons. The average molecular weight is 260 g/mol. The molecule has 1 saturated heterocycles. The first-order valence-electron chi connectivity index (χ1n) is 6.23. The van der Waals surface area contributed by atoms with Gasteiger partial charge in [-0.1, -0.05) is 11.8 Å². The third kappa shape index (κ3) is 3.78. The summed E-state index contributed by atoms with van der Waals surface area (Å²) < 4.78 is 5.33. The summed E-state index contributed by atoms with van der Waals surface area (Å²) in [6.07, 6.45) is 3.96. The Bertz CT molecular complexity index is 497. The highest BCUT2D eigenvalue weighted by atomic mass is 16.5. The van der Waals surface area contributed by atoms with Crippen LogP contribution in [0.2, 0.25) is 0 Å². The number of ether oxygens (including phenoxy) is 1. The largest absolute Gasteiger partial charge is 0.384 e. The Morgan fingerprint density at radius 2 is 2.32 bits per heavy atom. The van der Waals surface area contributed by atoms with Gasteiger partial charge in [-0.2, -0.15) is 0 Å². The number of carbonyl (C=O) groups excluding carboxylic acids is 1. The lowest BCUT2D eigenvalue weighted by molar-refractivity contribution is 0.0741. The van der Waals surface area contributed by atoms with Gasteiger partial charge in [0.25, 0.3) is 5.91 Å². The van der Waals surface area contributed by atoms with E-state index in [1.807, 2.05) is 0 Å². The van der Waals surface area contributed by atoms with Crippen molar-refractivity contribution >= 4 is 5.91 Å². The minimum absolute atomic E-state index is 0.0503. The minimum Gasteiger partial charge on any atom is -0.384 e. The summed E-state index contributed by atoms with van der Waals surface area (Å²) in [6.45, 7) is 2.37. The van der Waals surface area contributed by atoms with E-state index in [9.17, 15) is 4.79 Å². The lowest BCUT2D eigenvalue weighted by Gasteiger charge is -2.19. The van der Waals surface area contributed by atoms with Gasteiger partial charge in [-0.3, -0.25) is 9.78 Å². The summed E-state index contributed by atoms with van der Waals surface area (Å²) >= 11 is 0. The molecule has 0 aromatic carbocycles. The molecule has 5 heteroatoms. The number of aliphatic hydroxyl groups is 1. The smallest absolute Gasteiger partial charge is 0.255 e. The number of pyridine rings is 1. The maximum absolute atomic E-state index is 12.3. The molecule has 1 aliphatic rings. The number of amides is 1. The molecule has 0 atom stereocenters. The van der Waals surface area contributed by atoms with Gasteiger partial charge >= 0.3 is 0 Å². The van der Waals surface area contributed by atoms with Crippen LogP contribution < -0.4 is 0 Å². The van der Waals surface area contributed by atoms with Gasteiger partial charge in [-0.15, -0.1) is 0 Å². The summed E-state index contributed by atoms with van der Waals surface area (Å²) in [5, 5.41) is 8.66. The summed E-state index contributed by atoms with van der Waals surface area (Å²) in [5.41, 5.74) is 1.15. The predicted octanol–water partition coefficient (Wildman–Crippen LogP) is 0.288. The number of hydrogen-bond acceptors (Lipinski definition) is 4. The fraction of sp³-hybridized carbons (Fsp3) is 0.429. The monoisotopic (exact) mass is 260 g/mol. The average Bonchev–Trinajstić information content (AvgIpc) is 2.73. The highest BCUT2D eigenvalue weighted by Gasteiger charge is 2.17. The van der Waals surface area contributed by atoms with E-state index in [-0.39, 0.29) is 12.5 Å². The van der Waals surface area contributed by atoms with Gasteiger partial charge in [-0.25, -0.2) is 0 Å². The molecule has 0 aliphatic carbocycles. The third-order valence-electron chi connectivity index (χ3n) is 2.81. The van der Waals surface area contributed by atoms with Gasteiger partial charge in [-0.05, 0) is 12.5 Å². The molecule has 1 aliphatic heterocycles. The first kappa shape index (κ1) is 13.5. The van der Waals surface area contributed by atoms with Crippen molar-refractivity contribution in [2.75, 3.05) is 32.9 Å². The summed E-state index contributed by atoms with van der Waals surface area (Å²) in [5.74, 6) is 5.24. The predicted molar refractivity (Wildman–Crippen MR) is 69.5 cm³/mol. The number of hydrogen-bond donors (Lipinski definition) is 1. The van der Waals surface area contributed by atoms with Crippen molar-refractivity contribution in [2.24, 2.45) is 0 Å². The van der Waals surface area contributed by atoms with Crippen LogP contribution >= 0.6 is 0 Å². The zero-order valence-electron chi connectivity index (χ0n) is 10.6. The molecule has 2 rings (SSSR count). The molecule has 0 radical (unpaired) electrons. The summed E-state index contributed by atoms with van der Waals surface area (Å²) in [7, 11) is 0. The Morgan fingerprint density at radius 1 is 1.42 bits per heavy atom. The lowest BCUT2D eigenvalue weighted by atomic mass is 10.2. The van der Waals surface area contributed by atoms with E-state index < -0.39 is 0 Å². The molecule has 1 fully saturated rings. The molecule has 1 N–H and O–H groups in total. The quantitative estimate of drug-likeness (QED) is 0.737. The molecule has 0 spiro atoms. The topological polar surface area (TPSA) is 62.7 Å². The van der Waals surface area contributed by atoms with Crippen molar-refractivity contribution in [3.05, 3.63) is 29.6 Å². The van der Waals surface area contributed by atoms with Crippen LogP contribution in [0.25, 0.3) is 0 Å². The zero-order valence-corrected chi connectivity index (χ0v) is 10.6. The van der Waals surface area contributed by atoms with Gasteiger partial charge in [0.05, 0.1) is 12.2 Å². The Balaban J connectivity index is 2.13. The normalized spacial score (nSPS) is 15.3. The molecular weight excluding hydrogens is 244 g/mol. The number of rotatable bonds is 1. The Labute approximate surface area is 112 Å². The van der Waals surface area contributed by atoms with E-state index in [0.717, 1.165) is 6.42 Å². The van der Waals surface area contributed by atoms with Gasteiger partial charge in [0.1, 0.15) is 6.61 Å². The van der Waals surface area contributed by atoms with Crippen LogP contribution in [0, 0.1) is 11.8 Å². The molecule has 2 heterocycles. The summed E-state index contributed by atoms with van der Waals surface area (Å²) in [4.78, 5) is 18.1. The second kappa shape index (κ2) is 6.88. The molecule has 0 bridgehead atoms. The van der Waals surface area contributed by atoms with Crippen molar-refractivity contribution in [1.82, 2.24) is 9.88 Å². The molecule has 0 saturated carbocycles. The minimum atomic E-state index is -0.207. The molecular formula is C14H16N2O3. The Hall–Kier alpha value is -1.90. The van der Waals surface area contributed by atoms with Gasteiger partial charge in [0.15, 0.2) is 0 Å². The van der Waals surface area contributed by atoms with Crippen molar-refractivity contribution in [3.63, 3.8) is 0 Å². The third-order valence-corrected chi connectivity index (χ3v) is 2.81.